The van der Waals surface area contributed by atoms with E-state index in [2.05, 4.69) is 15.3 Å². The number of hydrogen-bond acceptors (Lipinski definition) is 4. The average molecular weight is 352 g/mol. The predicted octanol–water partition coefficient (Wildman–Crippen LogP) is 3.90. The Kier molecular flexibility index (Phi) is 6.32. The zero-order chi connectivity index (χ0) is 18.4. The molecular formula is C17H19F3N4O. The first kappa shape index (κ1) is 18.7. The third kappa shape index (κ3) is 4.46. The average Bonchev–Trinajstić information content (AvgIpc) is 2.62. The van der Waals surface area contributed by atoms with Gasteiger partial charge in [-0.3, -0.25) is 4.79 Å². The van der Waals surface area contributed by atoms with Crippen LogP contribution in [0.5, 0.6) is 0 Å². The lowest BCUT2D eigenvalue weighted by Gasteiger charge is -2.20. The van der Waals surface area contributed by atoms with E-state index in [0.717, 1.165) is 25.0 Å². The molecule has 2 aromatic rings. The third-order valence-corrected chi connectivity index (χ3v) is 3.44. The maximum atomic E-state index is 13.6. The molecule has 1 aromatic carbocycles. The second-order valence-corrected chi connectivity index (χ2v) is 5.43. The number of carbonyl (C=O) groups is 1. The lowest BCUT2D eigenvalue weighted by atomic mass is 10.2. The van der Waals surface area contributed by atoms with Crippen molar-refractivity contribution in [3.05, 3.63) is 47.7 Å². The van der Waals surface area contributed by atoms with E-state index in [-0.39, 0.29) is 23.1 Å². The molecule has 0 radical (unpaired) electrons. The van der Waals surface area contributed by atoms with Gasteiger partial charge in [-0.1, -0.05) is 13.8 Å². The van der Waals surface area contributed by atoms with E-state index in [0.29, 0.717) is 13.1 Å². The van der Waals surface area contributed by atoms with E-state index in [1.165, 1.54) is 12.4 Å². The van der Waals surface area contributed by atoms with Gasteiger partial charge in [0.05, 0.1) is 18.1 Å². The molecule has 1 amide bonds. The predicted molar refractivity (Wildman–Crippen MR) is 88.1 cm³/mol. The molecule has 1 N–H and O–H groups in total. The van der Waals surface area contributed by atoms with E-state index < -0.39 is 17.5 Å². The summed E-state index contributed by atoms with van der Waals surface area (Å²) in [5, 5.41) is 2.51. The van der Waals surface area contributed by atoms with E-state index in [4.69, 9.17) is 0 Å². The van der Waals surface area contributed by atoms with Crippen LogP contribution in [0.25, 0.3) is 0 Å². The van der Waals surface area contributed by atoms with Crippen molar-refractivity contribution in [1.29, 1.82) is 0 Å². The number of rotatable bonds is 7. The molecule has 0 atom stereocenters. The molecule has 0 bridgehead atoms. The summed E-state index contributed by atoms with van der Waals surface area (Å²) < 4.78 is 39.8. The molecule has 0 aliphatic carbocycles. The summed E-state index contributed by atoms with van der Waals surface area (Å²) in [6.45, 7) is 5.19. The molecule has 2 rings (SSSR count). The minimum absolute atomic E-state index is 0.110. The standard InChI is InChI=1S/C17H19F3N4O/c1-3-7-24(8-4-2)17(25)13-9-22-14(10-21-13)23-12-6-5-11(18)15(19)16(12)20/h5-6,9-10H,3-4,7-8H2,1-2H3,(H,22,23). The van der Waals surface area contributed by atoms with Gasteiger partial charge in [0, 0.05) is 13.1 Å². The molecule has 0 spiro atoms. The van der Waals surface area contributed by atoms with E-state index in [9.17, 15) is 18.0 Å². The van der Waals surface area contributed by atoms with Crippen molar-refractivity contribution < 1.29 is 18.0 Å². The lowest BCUT2D eigenvalue weighted by Crippen LogP contribution is -2.33. The smallest absolute Gasteiger partial charge is 0.274 e. The van der Waals surface area contributed by atoms with Crippen LogP contribution >= 0.6 is 0 Å². The van der Waals surface area contributed by atoms with E-state index >= 15 is 0 Å². The minimum Gasteiger partial charge on any atom is -0.337 e. The minimum atomic E-state index is -1.57. The van der Waals surface area contributed by atoms with Crippen LogP contribution in [0.1, 0.15) is 37.2 Å². The molecule has 0 saturated heterocycles. The second-order valence-electron chi connectivity index (χ2n) is 5.43. The number of amides is 1. The highest BCUT2D eigenvalue weighted by atomic mass is 19.2. The van der Waals surface area contributed by atoms with Gasteiger partial charge < -0.3 is 10.2 Å². The van der Waals surface area contributed by atoms with Crippen molar-refractivity contribution in [2.75, 3.05) is 18.4 Å². The van der Waals surface area contributed by atoms with Crippen LogP contribution in [-0.4, -0.2) is 33.9 Å². The number of nitrogens with one attached hydrogen (secondary N) is 1. The van der Waals surface area contributed by atoms with Gasteiger partial charge in [-0.2, -0.15) is 0 Å². The summed E-state index contributed by atoms with van der Waals surface area (Å²) in [7, 11) is 0. The molecule has 5 nitrogen and oxygen atoms in total. The van der Waals surface area contributed by atoms with Crippen LogP contribution in [0.3, 0.4) is 0 Å². The largest absolute Gasteiger partial charge is 0.337 e. The van der Waals surface area contributed by atoms with Crippen LogP contribution in [-0.2, 0) is 0 Å². The topological polar surface area (TPSA) is 58.1 Å². The molecule has 0 unspecified atom stereocenters. The quantitative estimate of drug-likeness (QED) is 0.768. The summed E-state index contributed by atoms with van der Waals surface area (Å²) in [4.78, 5) is 22.1. The van der Waals surface area contributed by atoms with Crippen molar-refractivity contribution in [2.45, 2.75) is 26.7 Å². The molecule has 134 valence electrons. The van der Waals surface area contributed by atoms with E-state index in [1.54, 1.807) is 4.90 Å². The highest BCUT2D eigenvalue weighted by molar-refractivity contribution is 5.92. The fourth-order valence-corrected chi connectivity index (χ4v) is 2.28. The highest BCUT2D eigenvalue weighted by Crippen LogP contribution is 2.22. The highest BCUT2D eigenvalue weighted by Gasteiger charge is 2.17. The van der Waals surface area contributed by atoms with Gasteiger partial charge in [-0.15, -0.1) is 0 Å². The number of nitrogens with zero attached hydrogens (tertiary/aromatic N) is 3. The summed E-state index contributed by atoms with van der Waals surface area (Å²) in [5.74, 6) is -4.32. The van der Waals surface area contributed by atoms with Gasteiger partial charge in [0.15, 0.2) is 17.5 Å². The van der Waals surface area contributed by atoms with Crippen molar-refractivity contribution in [3.63, 3.8) is 0 Å². The maximum absolute atomic E-state index is 13.6. The first-order chi connectivity index (χ1) is 12.0. The van der Waals surface area contributed by atoms with Crippen LogP contribution in [0.2, 0.25) is 0 Å². The zero-order valence-corrected chi connectivity index (χ0v) is 14.0. The lowest BCUT2D eigenvalue weighted by molar-refractivity contribution is 0.0749. The summed E-state index contributed by atoms with van der Waals surface area (Å²) >= 11 is 0. The number of halogens is 3. The number of aromatic nitrogens is 2. The molecule has 0 aliphatic rings. The summed E-state index contributed by atoms with van der Waals surface area (Å²) in [6, 6.07) is 1.86. The van der Waals surface area contributed by atoms with Crippen LogP contribution < -0.4 is 5.32 Å². The number of carbonyl (C=O) groups excluding carboxylic acids is 1. The number of benzene rings is 1. The molecule has 0 aliphatic heterocycles. The van der Waals surface area contributed by atoms with Crippen molar-refractivity contribution in [1.82, 2.24) is 14.9 Å². The monoisotopic (exact) mass is 352 g/mol. The molecular weight excluding hydrogens is 333 g/mol. The number of anilines is 2. The fourth-order valence-electron chi connectivity index (χ4n) is 2.28. The molecule has 25 heavy (non-hydrogen) atoms. The van der Waals surface area contributed by atoms with Crippen LogP contribution in [0.4, 0.5) is 24.7 Å². The fraction of sp³-hybridized carbons (Fsp3) is 0.353. The van der Waals surface area contributed by atoms with Crippen LogP contribution in [0.15, 0.2) is 24.5 Å². The summed E-state index contributed by atoms with van der Waals surface area (Å²) in [5.41, 5.74) is -0.107. The van der Waals surface area contributed by atoms with Gasteiger partial charge in [0.25, 0.3) is 5.91 Å². The first-order valence-electron chi connectivity index (χ1n) is 7.99. The summed E-state index contributed by atoms with van der Waals surface area (Å²) in [6.07, 6.45) is 4.16. The molecule has 0 fully saturated rings. The molecule has 0 saturated carbocycles. The number of hydrogen-bond donors (Lipinski definition) is 1. The normalized spacial score (nSPS) is 10.6. The van der Waals surface area contributed by atoms with Gasteiger partial charge >= 0.3 is 0 Å². The zero-order valence-electron chi connectivity index (χ0n) is 14.0. The molecule has 1 heterocycles. The Morgan fingerprint density at radius 3 is 2.28 bits per heavy atom. The molecule has 1 aromatic heterocycles. The Labute approximate surface area is 143 Å². The SMILES string of the molecule is CCCN(CCC)C(=O)c1cnc(Nc2ccc(F)c(F)c2F)cn1. The Morgan fingerprint density at radius 1 is 1.04 bits per heavy atom. The van der Waals surface area contributed by atoms with Crippen molar-refractivity contribution >= 4 is 17.4 Å². The van der Waals surface area contributed by atoms with Gasteiger partial charge in [-0.05, 0) is 25.0 Å². The Morgan fingerprint density at radius 2 is 1.72 bits per heavy atom. The Bertz CT molecular complexity index is 731. The van der Waals surface area contributed by atoms with Crippen LogP contribution in [0, 0.1) is 17.5 Å². The van der Waals surface area contributed by atoms with Gasteiger partial charge in [0.2, 0.25) is 0 Å². The van der Waals surface area contributed by atoms with Crippen molar-refractivity contribution in [2.24, 2.45) is 0 Å². The Balaban J connectivity index is 2.14. The Hall–Kier alpha value is -2.64. The van der Waals surface area contributed by atoms with Crippen molar-refractivity contribution in [3.8, 4) is 0 Å². The first-order valence-corrected chi connectivity index (χ1v) is 7.99. The molecule has 8 heteroatoms. The second kappa shape index (κ2) is 8.46. The third-order valence-electron chi connectivity index (χ3n) is 3.44. The van der Waals surface area contributed by atoms with E-state index in [1.807, 2.05) is 13.8 Å². The maximum Gasteiger partial charge on any atom is 0.274 e. The van der Waals surface area contributed by atoms with Gasteiger partial charge in [0.1, 0.15) is 11.5 Å². The van der Waals surface area contributed by atoms with Gasteiger partial charge in [-0.25, -0.2) is 23.1 Å².